The number of hydrogen-bond donors (Lipinski definition) is 0. The third-order valence-corrected chi connectivity index (χ3v) is 7.35. The van der Waals surface area contributed by atoms with Gasteiger partial charge in [-0.1, -0.05) is 18.2 Å². The Bertz CT molecular complexity index is 1640. The van der Waals surface area contributed by atoms with Gasteiger partial charge in [-0.25, -0.2) is 13.6 Å². The van der Waals surface area contributed by atoms with Crippen molar-refractivity contribution in [2.75, 3.05) is 20.1 Å². The standard InChI is InChI=1S/C34H34F2N3O3/c1-21-14-24(17-26(36)15-21)29-19-37-30-12-11-23(22-8-6-9-25(35)16-22)18-28(30)31(29)32(40)38(5)20-27-10-7-13-39(27)33(41)42-34(2,3)4/h6,9,11-12,14-19,27H,7,10,13,20H2,1-5H3/t27-/m0/s1. The minimum atomic E-state index is -0.628. The van der Waals surface area contributed by atoms with Gasteiger partial charge in [0.1, 0.15) is 17.2 Å². The van der Waals surface area contributed by atoms with E-state index in [4.69, 9.17) is 4.74 Å². The first-order valence-electron chi connectivity index (χ1n) is 14.0. The molecule has 42 heavy (non-hydrogen) atoms. The molecule has 1 aliphatic rings. The van der Waals surface area contributed by atoms with E-state index in [-0.39, 0.29) is 11.9 Å². The van der Waals surface area contributed by atoms with E-state index < -0.39 is 23.3 Å². The highest BCUT2D eigenvalue weighted by molar-refractivity contribution is 6.12. The normalized spacial score (nSPS) is 15.2. The van der Waals surface area contributed by atoms with Crippen LogP contribution in [0.5, 0.6) is 0 Å². The van der Waals surface area contributed by atoms with Crippen LogP contribution in [-0.4, -0.2) is 58.6 Å². The van der Waals surface area contributed by atoms with Crippen molar-refractivity contribution in [2.45, 2.75) is 52.2 Å². The van der Waals surface area contributed by atoms with Crippen molar-refractivity contribution >= 4 is 22.9 Å². The summed E-state index contributed by atoms with van der Waals surface area (Å²) < 4.78 is 34.2. The summed E-state index contributed by atoms with van der Waals surface area (Å²) in [7, 11) is 1.70. The number of likely N-dealkylation sites (N-methyl/N-ethyl adjacent to an activating group) is 1. The maximum Gasteiger partial charge on any atom is 0.410 e. The van der Waals surface area contributed by atoms with E-state index in [9.17, 15) is 18.4 Å². The molecule has 0 saturated carbocycles. The molecule has 0 unspecified atom stereocenters. The van der Waals surface area contributed by atoms with Crippen LogP contribution >= 0.6 is 0 Å². The van der Waals surface area contributed by atoms with Crippen LogP contribution in [0.15, 0.2) is 60.8 Å². The number of amides is 2. The molecule has 6 nitrogen and oxygen atoms in total. The lowest BCUT2D eigenvalue weighted by Gasteiger charge is -2.31. The molecule has 0 spiro atoms. The highest BCUT2D eigenvalue weighted by Crippen LogP contribution is 2.34. The predicted molar refractivity (Wildman–Crippen MR) is 159 cm³/mol. The number of aryl methyl sites for hydroxylation is 1. The van der Waals surface area contributed by atoms with E-state index in [2.05, 4.69) is 11.1 Å². The average molecular weight is 571 g/mol. The maximum atomic E-state index is 14.5. The molecule has 1 aliphatic heterocycles. The number of carbonyl (C=O) groups excluding carboxylic acids is 2. The van der Waals surface area contributed by atoms with Gasteiger partial charge in [0.25, 0.3) is 5.91 Å². The number of rotatable bonds is 5. The van der Waals surface area contributed by atoms with Gasteiger partial charge in [0.15, 0.2) is 0 Å². The fourth-order valence-electron chi connectivity index (χ4n) is 5.48. The molecule has 3 aromatic carbocycles. The Morgan fingerprint density at radius 3 is 2.57 bits per heavy atom. The molecule has 1 fully saturated rings. The molecule has 1 radical (unpaired) electrons. The Balaban J connectivity index is 1.58. The van der Waals surface area contributed by atoms with Gasteiger partial charge in [-0.15, -0.1) is 0 Å². The molecule has 8 heteroatoms. The van der Waals surface area contributed by atoms with Crippen molar-refractivity contribution in [3.05, 3.63) is 89.6 Å². The SMILES string of the molecule is Cc1cc(F)cc(-c2cnc3ccc(-c4[c]ccc(F)c4)cc3c2C(=O)N(C)C[C@@H]2CCCN2C(=O)OC(C)(C)C)c1. The smallest absolute Gasteiger partial charge is 0.410 e. The monoisotopic (exact) mass is 570 g/mol. The van der Waals surface area contributed by atoms with E-state index in [1.165, 1.54) is 30.3 Å². The summed E-state index contributed by atoms with van der Waals surface area (Å²) in [5.74, 6) is -1.11. The second kappa shape index (κ2) is 11.5. The molecule has 1 aromatic heterocycles. The second-order valence-electron chi connectivity index (χ2n) is 11.9. The van der Waals surface area contributed by atoms with Crippen molar-refractivity contribution in [1.29, 1.82) is 0 Å². The molecule has 0 N–H and O–H groups in total. The maximum absolute atomic E-state index is 14.5. The van der Waals surface area contributed by atoms with Crippen LogP contribution in [0.3, 0.4) is 0 Å². The number of carbonyl (C=O) groups is 2. The topological polar surface area (TPSA) is 62.7 Å². The number of fused-ring (bicyclic) bond motifs is 1. The molecular weight excluding hydrogens is 536 g/mol. The first-order valence-corrected chi connectivity index (χ1v) is 14.0. The number of ether oxygens (including phenoxy) is 1. The van der Waals surface area contributed by atoms with E-state index in [1.54, 1.807) is 42.1 Å². The second-order valence-corrected chi connectivity index (χ2v) is 11.9. The Morgan fingerprint density at radius 2 is 1.86 bits per heavy atom. The zero-order chi connectivity index (χ0) is 30.2. The third kappa shape index (κ3) is 6.27. The lowest BCUT2D eigenvalue weighted by Crippen LogP contribution is -2.45. The summed E-state index contributed by atoms with van der Waals surface area (Å²) in [5, 5.41) is 0.553. The Labute approximate surface area is 244 Å². The number of hydrogen-bond acceptors (Lipinski definition) is 4. The van der Waals surface area contributed by atoms with E-state index in [1.807, 2.05) is 32.9 Å². The van der Waals surface area contributed by atoms with Gasteiger partial charge in [0, 0.05) is 37.3 Å². The summed E-state index contributed by atoms with van der Waals surface area (Å²) in [6.07, 6.45) is 2.75. The van der Waals surface area contributed by atoms with Crippen LogP contribution in [0.4, 0.5) is 13.6 Å². The van der Waals surface area contributed by atoms with Gasteiger partial charge in [0.2, 0.25) is 0 Å². The number of benzene rings is 3. The minimum Gasteiger partial charge on any atom is -0.444 e. The fraction of sp³-hybridized carbons (Fsp3) is 0.324. The van der Waals surface area contributed by atoms with Crippen molar-refractivity contribution in [1.82, 2.24) is 14.8 Å². The van der Waals surface area contributed by atoms with E-state index in [0.29, 0.717) is 57.4 Å². The van der Waals surface area contributed by atoms with Crippen LogP contribution in [0.2, 0.25) is 0 Å². The van der Waals surface area contributed by atoms with Gasteiger partial charge in [-0.2, -0.15) is 0 Å². The van der Waals surface area contributed by atoms with Gasteiger partial charge in [-0.3, -0.25) is 9.78 Å². The molecule has 5 rings (SSSR count). The van der Waals surface area contributed by atoms with Gasteiger partial charge < -0.3 is 14.5 Å². The van der Waals surface area contributed by atoms with Gasteiger partial charge >= 0.3 is 6.09 Å². The zero-order valence-electron chi connectivity index (χ0n) is 24.5. The molecule has 2 amide bonds. The fourth-order valence-corrected chi connectivity index (χ4v) is 5.48. The molecule has 2 heterocycles. The summed E-state index contributed by atoms with van der Waals surface area (Å²) in [6, 6.07) is 17.1. The molecule has 0 aliphatic carbocycles. The van der Waals surface area contributed by atoms with Crippen LogP contribution in [-0.2, 0) is 4.74 Å². The van der Waals surface area contributed by atoms with Crippen LogP contribution in [0.1, 0.15) is 49.5 Å². The molecule has 217 valence electrons. The highest BCUT2D eigenvalue weighted by Gasteiger charge is 2.34. The van der Waals surface area contributed by atoms with Crippen molar-refractivity contribution in [3.63, 3.8) is 0 Å². The summed E-state index contributed by atoms with van der Waals surface area (Å²) in [6.45, 7) is 8.11. The minimum absolute atomic E-state index is 0.209. The first kappa shape index (κ1) is 29.2. The van der Waals surface area contributed by atoms with Gasteiger partial charge in [0.05, 0.1) is 17.1 Å². The Hall–Kier alpha value is -4.33. The van der Waals surface area contributed by atoms with Crippen molar-refractivity contribution in [2.24, 2.45) is 0 Å². The Morgan fingerprint density at radius 1 is 1.07 bits per heavy atom. The quantitative estimate of drug-likeness (QED) is 0.250. The van der Waals surface area contributed by atoms with Crippen molar-refractivity contribution < 1.29 is 23.1 Å². The molecule has 1 saturated heterocycles. The van der Waals surface area contributed by atoms with E-state index >= 15 is 0 Å². The number of halogens is 2. The number of nitrogens with zero attached hydrogens (tertiary/aromatic N) is 3. The largest absolute Gasteiger partial charge is 0.444 e. The number of likely N-dealkylation sites (tertiary alicyclic amines) is 1. The number of pyridine rings is 1. The predicted octanol–water partition coefficient (Wildman–Crippen LogP) is 7.43. The van der Waals surface area contributed by atoms with E-state index in [0.717, 1.165) is 12.8 Å². The zero-order valence-corrected chi connectivity index (χ0v) is 24.5. The molecule has 4 aromatic rings. The highest BCUT2D eigenvalue weighted by atomic mass is 19.1. The average Bonchev–Trinajstić information content (AvgIpc) is 3.38. The lowest BCUT2D eigenvalue weighted by atomic mass is 9.93. The molecule has 1 atom stereocenters. The lowest BCUT2D eigenvalue weighted by molar-refractivity contribution is 0.0199. The molecular formula is C34H34F2N3O3. The van der Waals surface area contributed by atoms with Crippen LogP contribution in [0.25, 0.3) is 33.2 Å². The van der Waals surface area contributed by atoms with Gasteiger partial charge in [-0.05, 0) is 105 Å². The van der Waals surface area contributed by atoms with Crippen LogP contribution < -0.4 is 0 Å². The Kier molecular flexibility index (Phi) is 7.99. The summed E-state index contributed by atoms with van der Waals surface area (Å²) >= 11 is 0. The summed E-state index contributed by atoms with van der Waals surface area (Å²) in [4.78, 5) is 35.1. The van der Waals surface area contributed by atoms with Crippen molar-refractivity contribution in [3.8, 4) is 22.3 Å². The first-order chi connectivity index (χ1) is 19.9. The molecule has 0 bridgehead atoms. The number of aromatic nitrogens is 1. The summed E-state index contributed by atoms with van der Waals surface area (Å²) in [5.41, 5.74) is 3.22. The third-order valence-electron chi connectivity index (χ3n) is 7.35. The van der Waals surface area contributed by atoms with Crippen LogP contribution in [0, 0.1) is 24.6 Å².